The van der Waals surface area contributed by atoms with E-state index < -0.39 is 42.9 Å². The SMILES string of the molecule is CCCCCO[C@@H]1[C@@H](Cc2ccccc2)COC[C@H](NC(=O)c2nccc(OC)c2OCOC(C)=O)C(=O)O[C@H]1C. The summed E-state index contributed by atoms with van der Waals surface area (Å²) < 4.78 is 33.7. The van der Waals surface area contributed by atoms with Crippen LogP contribution in [0, 0.1) is 5.92 Å². The van der Waals surface area contributed by atoms with Gasteiger partial charge in [0.05, 0.1) is 26.4 Å². The number of cyclic esters (lactones) is 1. The molecular weight excluding hydrogens is 532 g/mol. The second-order valence-corrected chi connectivity index (χ2v) is 9.79. The number of carbonyl (C=O) groups excluding carboxylic acids is 3. The van der Waals surface area contributed by atoms with E-state index in [1.807, 2.05) is 30.3 Å². The molecule has 2 aromatic rings. The zero-order valence-corrected chi connectivity index (χ0v) is 24.1. The Morgan fingerprint density at radius 1 is 1.12 bits per heavy atom. The zero-order valence-electron chi connectivity index (χ0n) is 24.1. The Morgan fingerprint density at radius 3 is 2.61 bits per heavy atom. The number of aromatic nitrogens is 1. The van der Waals surface area contributed by atoms with Crippen LogP contribution in [0.5, 0.6) is 11.5 Å². The van der Waals surface area contributed by atoms with E-state index >= 15 is 0 Å². The van der Waals surface area contributed by atoms with Crippen LogP contribution >= 0.6 is 0 Å². The number of amides is 1. The van der Waals surface area contributed by atoms with Crippen LogP contribution in [0.2, 0.25) is 0 Å². The van der Waals surface area contributed by atoms with E-state index in [1.54, 1.807) is 6.92 Å². The lowest BCUT2D eigenvalue weighted by molar-refractivity contribution is -0.160. The number of esters is 2. The van der Waals surface area contributed by atoms with Crippen molar-refractivity contribution in [1.82, 2.24) is 10.3 Å². The first-order valence-corrected chi connectivity index (χ1v) is 13.9. The Labute approximate surface area is 240 Å². The van der Waals surface area contributed by atoms with Gasteiger partial charge in [0.15, 0.2) is 23.2 Å². The van der Waals surface area contributed by atoms with Crippen LogP contribution < -0.4 is 14.8 Å². The lowest BCUT2D eigenvalue weighted by Gasteiger charge is -2.31. The fraction of sp³-hybridized carbons (Fsp3) is 0.533. The maximum Gasteiger partial charge on any atom is 0.331 e. The van der Waals surface area contributed by atoms with Crippen molar-refractivity contribution in [3.05, 3.63) is 53.9 Å². The van der Waals surface area contributed by atoms with Crippen molar-refractivity contribution in [1.29, 1.82) is 0 Å². The third kappa shape index (κ3) is 9.72. The molecule has 1 fully saturated rings. The summed E-state index contributed by atoms with van der Waals surface area (Å²) >= 11 is 0. The molecule has 1 N–H and O–H groups in total. The summed E-state index contributed by atoms with van der Waals surface area (Å²) in [7, 11) is 1.40. The van der Waals surface area contributed by atoms with E-state index in [0.29, 0.717) is 19.6 Å². The third-order valence-corrected chi connectivity index (χ3v) is 6.60. The van der Waals surface area contributed by atoms with E-state index in [4.69, 9.17) is 28.4 Å². The first-order chi connectivity index (χ1) is 19.8. The van der Waals surface area contributed by atoms with E-state index in [1.165, 1.54) is 26.3 Å². The van der Waals surface area contributed by atoms with E-state index in [2.05, 4.69) is 17.2 Å². The van der Waals surface area contributed by atoms with Crippen LogP contribution in [0.15, 0.2) is 42.6 Å². The summed E-state index contributed by atoms with van der Waals surface area (Å²) in [6, 6.07) is 10.4. The van der Waals surface area contributed by atoms with Gasteiger partial charge >= 0.3 is 11.9 Å². The smallest absolute Gasteiger partial charge is 0.331 e. The molecule has 0 saturated carbocycles. The number of benzene rings is 1. The lowest BCUT2D eigenvalue weighted by atomic mass is 9.91. The first kappa shape index (κ1) is 31.8. The number of ether oxygens (including phenoxy) is 6. The molecule has 224 valence electrons. The molecule has 11 heteroatoms. The number of nitrogens with one attached hydrogen (secondary N) is 1. The molecule has 0 bridgehead atoms. The number of hydrogen-bond acceptors (Lipinski definition) is 10. The summed E-state index contributed by atoms with van der Waals surface area (Å²) in [5.74, 6) is -1.85. The highest BCUT2D eigenvalue weighted by molar-refractivity contribution is 5.98. The Hall–Kier alpha value is -3.70. The van der Waals surface area contributed by atoms with Gasteiger partial charge in [0.25, 0.3) is 5.91 Å². The molecule has 1 aromatic carbocycles. The summed E-state index contributed by atoms with van der Waals surface area (Å²) in [6.07, 6.45) is 4.06. The average Bonchev–Trinajstić information content (AvgIpc) is 3.00. The Balaban J connectivity index is 1.77. The van der Waals surface area contributed by atoms with Crippen LogP contribution in [0.3, 0.4) is 0 Å². The molecule has 41 heavy (non-hydrogen) atoms. The molecule has 0 radical (unpaired) electrons. The molecule has 1 aromatic heterocycles. The highest BCUT2D eigenvalue weighted by Crippen LogP contribution is 2.30. The Kier molecular flexibility index (Phi) is 12.8. The predicted molar refractivity (Wildman–Crippen MR) is 149 cm³/mol. The van der Waals surface area contributed by atoms with Crippen molar-refractivity contribution >= 4 is 17.8 Å². The van der Waals surface area contributed by atoms with Gasteiger partial charge in [-0.3, -0.25) is 9.59 Å². The Bertz CT molecular complexity index is 1130. The largest absolute Gasteiger partial charge is 0.493 e. The van der Waals surface area contributed by atoms with Crippen LogP contribution in [0.1, 0.15) is 56.1 Å². The zero-order chi connectivity index (χ0) is 29.6. The maximum atomic E-state index is 13.3. The number of carbonyl (C=O) groups is 3. The van der Waals surface area contributed by atoms with Gasteiger partial charge in [-0.25, -0.2) is 9.78 Å². The van der Waals surface area contributed by atoms with Gasteiger partial charge in [0.2, 0.25) is 6.79 Å². The van der Waals surface area contributed by atoms with Crippen molar-refractivity contribution < 1.29 is 42.8 Å². The predicted octanol–water partition coefficient (Wildman–Crippen LogP) is 3.48. The highest BCUT2D eigenvalue weighted by Gasteiger charge is 2.36. The molecule has 1 amide bonds. The second-order valence-electron chi connectivity index (χ2n) is 9.79. The fourth-order valence-electron chi connectivity index (χ4n) is 4.54. The highest BCUT2D eigenvalue weighted by atomic mass is 16.7. The minimum absolute atomic E-state index is 0.0389. The number of pyridine rings is 1. The van der Waals surface area contributed by atoms with Gasteiger partial charge in [0, 0.05) is 31.7 Å². The van der Waals surface area contributed by atoms with Gasteiger partial charge in [-0.2, -0.15) is 0 Å². The molecule has 11 nitrogen and oxygen atoms in total. The van der Waals surface area contributed by atoms with Gasteiger partial charge in [-0.15, -0.1) is 0 Å². The van der Waals surface area contributed by atoms with E-state index in [9.17, 15) is 14.4 Å². The summed E-state index contributed by atoms with van der Waals surface area (Å²) in [6.45, 7) is 5.44. The molecule has 1 aliphatic rings. The van der Waals surface area contributed by atoms with Crippen LogP contribution in [0.4, 0.5) is 0 Å². The van der Waals surface area contributed by atoms with Crippen molar-refractivity contribution in [3.63, 3.8) is 0 Å². The van der Waals surface area contributed by atoms with Gasteiger partial charge < -0.3 is 33.7 Å². The number of methoxy groups -OCH3 is 1. The molecule has 2 heterocycles. The number of unbranched alkanes of at least 4 members (excludes halogenated alkanes) is 2. The van der Waals surface area contributed by atoms with Crippen LogP contribution in [-0.2, 0) is 35.0 Å². The lowest BCUT2D eigenvalue weighted by Crippen LogP contribution is -2.46. The molecule has 1 saturated heterocycles. The fourth-order valence-corrected chi connectivity index (χ4v) is 4.54. The number of rotatable bonds is 13. The summed E-state index contributed by atoms with van der Waals surface area (Å²) in [5.41, 5.74) is 0.965. The standard InChI is InChI=1S/C30H40N2O9/c1-5-6-10-15-38-27-20(2)41-30(35)24(18-37-17-23(27)16-22-11-8-7-9-12-22)32-29(34)26-28(40-19-39-21(3)33)25(36-4)13-14-31-26/h7-9,11-14,20,23-24,27H,5-6,10,15-19H2,1-4H3,(H,32,34)/t20-,23-,24-,27-/m0/s1. The minimum atomic E-state index is -1.12. The van der Waals surface area contributed by atoms with Gasteiger partial charge in [-0.1, -0.05) is 50.1 Å². The van der Waals surface area contributed by atoms with Crippen molar-refractivity contribution in [2.24, 2.45) is 5.92 Å². The molecular formula is C30H40N2O9. The number of nitrogens with zero attached hydrogens (tertiary/aromatic N) is 1. The third-order valence-electron chi connectivity index (χ3n) is 6.60. The molecule has 4 atom stereocenters. The van der Waals surface area contributed by atoms with E-state index in [0.717, 1.165) is 24.8 Å². The quantitative estimate of drug-likeness (QED) is 0.216. The monoisotopic (exact) mass is 572 g/mol. The maximum absolute atomic E-state index is 13.3. The molecule has 0 spiro atoms. The number of hydrogen-bond donors (Lipinski definition) is 1. The molecule has 3 rings (SSSR count). The Morgan fingerprint density at radius 2 is 1.90 bits per heavy atom. The van der Waals surface area contributed by atoms with Crippen molar-refractivity contribution in [2.45, 2.75) is 64.7 Å². The average molecular weight is 573 g/mol. The second kappa shape index (κ2) is 16.5. The molecule has 0 unspecified atom stereocenters. The van der Waals surface area contributed by atoms with Crippen molar-refractivity contribution in [2.75, 3.05) is 33.7 Å². The van der Waals surface area contributed by atoms with Crippen LogP contribution in [-0.4, -0.2) is 74.8 Å². The summed E-state index contributed by atoms with van der Waals surface area (Å²) in [5, 5.41) is 2.65. The van der Waals surface area contributed by atoms with E-state index in [-0.39, 0.29) is 29.7 Å². The topological polar surface area (TPSA) is 132 Å². The van der Waals surface area contributed by atoms with Gasteiger partial charge in [-0.05, 0) is 25.3 Å². The minimum Gasteiger partial charge on any atom is -0.493 e. The van der Waals surface area contributed by atoms with Crippen LogP contribution in [0.25, 0.3) is 0 Å². The summed E-state index contributed by atoms with van der Waals surface area (Å²) in [4.78, 5) is 41.8. The molecule has 1 aliphatic heterocycles. The first-order valence-electron chi connectivity index (χ1n) is 13.9. The van der Waals surface area contributed by atoms with Crippen molar-refractivity contribution in [3.8, 4) is 11.5 Å². The molecule has 0 aliphatic carbocycles. The normalized spacial score (nSPS) is 21.0. The van der Waals surface area contributed by atoms with Gasteiger partial charge in [0.1, 0.15) is 6.10 Å².